The number of alkyl halides is 3. The number of piperazine rings is 1. The summed E-state index contributed by atoms with van der Waals surface area (Å²) >= 11 is 0. The molecule has 1 aliphatic rings. The molecule has 164 valence electrons. The van der Waals surface area contributed by atoms with Crippen LogP contribution in [0.1, 0.15) is 22.8 Å². The largest absolute Gasteiger partial charge is 0.419 e. The second-order valence-corrected chi connectivity index (χ2v) is 6.98. The Morgan fingerprint density at radius 1 is 1.26 bits per heavy atom. The SMILES string of the molecule is C[C@@H](Cn1cccc(C(=O)N2CCN(c3ncc(C(F)(F)F)cn3)CC2)c1=O)N=[N+]=[N-]. The normalized spacial score (nSPS) is 15.4. The van der Waals surface area contributed by atoms with Crippen LogP contribution in [-0.2, 0) is 12.7 Å². The highest BCUT2D eigenvalue weighted by molar-refractivity contribution is 5.94. The molecule has 3 heterocycles. The third kappa shape index (κ3) is 5.12. The van der Waals surface area contributed by atoms with Gasteiger partial charge in [-0.25, -0.2) is 9.97 Å². The van der Waals surface area contributed by atoms with E-state index in [-0.39, 0.29) is 31.1 Å². The van der Waals surface area contributed by atoms with Gasteiger partial charge in [0.2, 0.25) is 5.95 Å². The zero-order valence-electron chi connectivity index (χ0n) is 16.5. The van der Waals surface area contributed by atoms with Crippen LogP contribution in [0.3, 0.4) is 0 Å². The molecule has 31 heavy (non-hydrogen) atoms. The number of aromatic nitrogens is 3. The molecule has 0 bridgehead atoms. The van der Waals surface area contributed by atoms with Gasteiger partial charge in [-0.05, 0) is 17.7 Å². The summed E-state index contributed by atoms with van der Waals surface area (Å²) < 4.78 is 39.3. The van der Waals surface area contributed by atoms with Crippen molar-refractivity contribution in [2.45, 2.75) is 25.7 Å². The Morgan fingerprint density at radius 2 is 1.90 bits per heavy atom. The first-order valence-corrected chi connectivity index (χ1v) is 9.38. The van der Waals surface area contributed by atoms with Gasteiger partial charge in [-0.15, -0.1) is 0 Å². The third-order valence-electron chi connectivity index (χ3n) is 4.78. The average Bonchev–Trinajstić information content (AvgIpc) is 2.74. The molecule has 2 aromatic heterocycles. The topological polar surface area (TPSA) is 120 Å². The van der Waals surface area contributed by atoms with Gasteiger partial charge in [0.1, 0.15) is 5.56 Å². The molecule has 1 atom stereocenters. The van der Waals surface area contributed by atoms with Gasteiger partial charge in [0.15, 0.2) is 0 Å². The van der Waals surface area contributed by atoms with Crippen LogP contribution in [0.15, 0.2) is 40.6 Å². The van der Waals surface area contributed by atoms with Gasteiger partial charge in [-0.2, -0.15) is 13.2 Å². The summed E-state index contributed by atoms with van der Waals surface area (Å²) in [5.41, 5.74) is 7.08. The first kappa shape index (κ1) is 22.1. The number of rotatable bonds is 5. The second-order valence-electron chi connectivity index (χ2n) is 6.98. The second kappa shape index (κ2) is 9.04. The molecule has 0 aliphatic carbocycles. The molecule has 1 fully saturated rings. The molecular formula is C18H19F3N8O2. The van der Waals surface area contributed by atoms with Crippen molar-refractivity contribution in [1.29, 1.82) is 0 Å². The standard InChI is InChI=1S/C18H19F3N8O2/c1-12(25-26-22)11-29-4-2-3-14(16(29)31)15(30)27-5-7-28(8-6-27)17-23-9-13(10-24-17)18(19,20)21/h2-4,9-10,12H,5-8,11H2,1H3/t12-/m0/s1. The maximum absolute atomic E-state index is 12.8. The minimum absolute atomic E-state index is 0.00475. The lowest BCUT2D eigenvalue weighted by molar-refractivity contribution is -0.138. The number of anilines is 1. The molecule has 1 amide bonds. The third-order valence-corrected chi connectivity index (χ3v) is 4.78. The van der Waals surface area contributed by atoms with Crippen molar-refractivity contribution in [3.63, 3.8) is 0 Å². The number of amides is 1. The Kier molecular flexibility index (Phi) is 6.44. The first-order chi connectivity index (χ1) is 14.7. The highest BCUT2D eigenvalue weighted by atomic mass is 19.4. The quantitative estimate of drug-likeness (QED) is 0.405. The van der Waals surface area contributed by atoms with Crippen LogP contribution in [0, 0.1) is 0 Å². The fourth-order valence-corrected chi connectivity index (χ4v) is 3.16. The van der Waals surface area contributed by atoms with Gasteiger partial charge < -0.3 is 14.4 Å². The monoisotopic (exact) mass is 436 g/mol. The van der Waals surface area contributed by atoms with Gasteiger partial charge in [0, 0.05) is 56.2 Å². The number of pyridine rings is 1. The van der Waals surface area contributed by atoms with Crippen molar-refractivity contribution < 1.29 is 18.0 Å². The van der Waals surface area contributed by atoms with Crippen molar-refractivity contribution in [3.05, 3.63) is 62.6 Å². The van der Waals surface area contributed by atoms with Crippen molar-refractivity contribution in [1.82, 2.24) is 19.4 Å². The van der Waals surface area contributed by atoms with Gasteiger partial charge in [-0.3, -0.25) is 9.59 Å². The van der Waals surface area contributed by atoms with E-state index in [4.69, 9.17) is 5.53 Å². The maximum Gasteiger partial charge on any atom is 0.419 e. The molecular weight excluding hydrogens is 417 g/mol. The molecule has 0 unspecified atom stereocenters. The van der Waals surface area contributed by atoms with Crippen molar-refractivity contribution in [3.8, 4) is 0 Å². The number of nitrogens with zero attached hydrogens (tertiary/aromatic N) is 8. The number of carbonyl (C=O) groups is 1. The Balaban J connectivity index is 1.67. The predicted octanol–water partition coefficient (Wildman–Crippen LogP) is 2.32. The molecule has 0 radical (unpaired) electrons. The number of azide groups is 1. The highest BCUT2D eigenvalue weighted by Gasteiger charge is 2.32. The van der Waals surface area contributed by atoms with Crippen molar-refractivity contribution >= 4 is 11.9 Å². The van der Waals surface area contributed by atoms with Crippen LogP contribution >= 0.6 is 0 Å². The lowest BCUT2D eigenvalue weighted by atomic mass is 10.2. The Morgan fingerprint density at radius 3 is 2.48 bits per heavy atom. The predicted molar refractivity (Wildman–Crippen MR) is 104 cm³/mol. The summed E-state index contributed by atoms with van der Waals surface area (Å²) in [6, 6.07) is 2.55. The van der Waals surface area contributed by atoms with E-state index >= 15 is 0 Å². The molecule has 10 nitrogen and oxygen atoms in total. The van der Waals surface area contributed by atoms with Crippen molar-refractivity contribution in [2.24, 2.45) is 5.11 Å². The molecule has 0 aromatic carbocycles. The fourth-order valence-electron chi connectivity index (χ4n) is 3.16. The smallest absolute Gasteiger partial charge is 0.337 e. The zero-order valence-corrected chi connectivity index (χ0v) is 16.5. The van der Waals surface area contributed by atoms with Gasteiger partial charge in [0.05, 0.1) is 11.6 Å². The molecule has 13 heteroatoms. The van der Waals surface area contributed by atoms with Gasteiger partial charge in [0.25, 0.3) is 11.5 Å². The summed E-state index contributed by atoms with van der Waals surface area (Å²) in [6.45, 7) is 2.93. The molecule has 0 saturated carbocycles. The van der Waals surface area contributed by atoms with Crippen LogP contribution in [-0.4, -0.2) is 57.6 Å². The summed E-state index contributed by atoms with van der Waals surface area (Å²) in [4.78, 5) is 38.9. The minimum Gasteiger partial charge on any atom is -0.337 e. The van der Waals surface area contributed by atoms with Crippen LogP contribution in [0.4, 0.5) is 19.1 Å². The van der Waals surface area contributed by atoms with E-state index in [1.165, 1.54) is 21.7 Å². The average molecular weight is 436 g/mol. The van der Waals surface area contributed by atoms with Gasteiger partial charge >= 0.3 is 6.18 Å². The number of hydrogen-bond donors (Lipinski definition) is 0. The van der Waals surface area contributed by atoms with Crippen LogP contribution in [0.25, 0.3) is 10.4 Å². The highest BCUT2D eigenvalue weighted by Crippen LogP contribution is 2.28. The van der Waals surface area contributed by atoms with E-state index in [1.54, 1.807) is 17.9 Å². The van der Waals surface area contributed by atoms with Crippen LogP contribution in [0.2, 0.25) is 0 Å². The van der Waals surface area contributed by atoms with E-state index in [0.29, 0.717) is 13.1 Å². The Bertz CT molecular complexity index is 1040. The van der Waals surface area contributed by atoms with E-state index in [9.17, 15) is 22.8 Å². The number of hydrogen-bond acceptors (Lipinski definition) is 6. The Hall–Kier alpha value is -3.60. The van der Waals surface area contributed by atoms with E-state index < -0.39 is 29.2 Å². The molecule has 1 aliphatic heterocycles. The lowest BCUT2D eigenvalue weighted by Gasteiger charge is -2.34. The zero-order chi connectivity index (χ0) is 22.6. The van der Waals surface area contributed by atoms with Crippen LogP contribution in [0.5, 0.6) is 0 Å². The molecule has 2 aromatic rings. The van der Waals surface area contributed by atoms with Gasteiger partial charge in [-0.1, -0.05) is 12.0 Å². The van der Waals surface area contributed by atoms with E-state index in [1.807, 2.05) is 0 Å². The number of halogens is 3. The summed E-state index contributed by atoms with van der Waals surface area (Å²) in [6.07, 6.45) is -1.54. The molecule has 0 spiro atoms. The van der Waals surface area contributed by atoms with Crippen molar-refractivity contribution in [2.75, 3.05) is 31.1 Å². The number of carbonyl (C=O) groups excluding carboxylic acids is 1. The van der Waals surface area contributed by atoms with E-state index in [2.05, 4.69) is 20.0 Å². The molecule has 1 saturated heterocycles. The minimum atomic E-state index is -4.51. The summed E-state index contributed by atoms with van der Waals surface area (Å²) in [7, 11) is 0. The lowest BCUT2D eigenvalue weighted by Crippen LogP contribution is -2.50. The Labute approximate surface area is 174 Å². The fraction of sp³-hybridized carbons (Fsp3) is 0.444. The van der Waals surface area contributed by atoms with Crippen LogP contribution < -0.4 is 10.5 Å². The summed E-state index contributed by atoms with van der Waals surface area (Å²) in [5, 5.41) is 3.53. The molecule has 0 N–H and O–H groups in total. The first-order valence-electron chi connectivity index (χ1n) is 9.38. The maximum atomic E-state index is 12.8. The molecule has 3 rings (SSSR count). The van der Waals surface area contributed by atoms with E-state index in [0.717, 1.165) is 12.4 Å². The summed E-state index contributed by atoms with van der Waals surface area (Å²) in [5.74, 6) is -0.294.